The Labute approximate surface area is 200 Å². The van der Waals surface area contributed by atoms with Gasteiger partial charge in [0.2, 0.25) is 0 Å². The first-order valence-electron chi connectivity index (χ1n) is 11.5. The highest BCUT2D eigenvalue weighted by atomic mass is 32.1. The topological polar surface area (TPSA) is 76.6 Å². The van der Waals surface area contributed by atoms with Crippen LogP contribution in [0, 0.1) is 6.92 Å². The van der Waals surface area contributed by atoms with E-state index in [1.165, 1.54) is 11.3 Å². The van der Waals surface area contributed by atoms with Crippen LogP contribution in [0.4, 0.5) is 13.2 Å². The second-order valence-electron chi connectivity index (χ2n) is 8.72. The summed E-state index contributed by atoms with van der Waals surface area (Å²) in [5.41, 5.74) is 2.15. The molecule has 7 nitrogen and oxygen atoms in total. The van der Waals surface area contributed by atoms with Crippen LogP contribution in [0.25, 0.3) is 0 Å². The Morgan fingerprint density at radius 1 is 1.32 bits per heavy atom. The lowest BCUT2D eigenvalue weighted by molar-refractivity contribution is -0.153. The number of hydrogen-bond acceptors (Lipinski definition) is 7. The number of thiazole rings is 1. The van der Waals surface area contributed by atoms with E-state index in [1.54, 1.807) is 18.3 Å². The number of hydrogen-bond donors (Lipinski definition) is 1. The average molecular weight is 499 g/mol. The van der Waals surface area contributed by atoms with Crippen LogP contribution in [0.5, 0.6) is 5.19 Å². The molecule has 1 saturated heterocycles. The maximum Gasteiger partial charge on any atom is 0.422 e. The van der Waals surface area contributed by atoms with Crippen molar-refractivity contribution in [3.8, 4) is 5.19 Å². The molecule has 0 aromatic carbocycles. The van der Waals surface area contributed by atoms with E-state index in [0.717, 1.165) is 55.9 Å². The van der Waals surface area contributed by atoms with Gasteiger partial charge < -0.3 is 19.7 Å². The summed E-state index contributed by atoms with van der Waals surface area (Å²) in [6, 6.07) is 3.53. The van der Waals surface area contributed by atoms with Gasteiger partial charge in [0, 0.05) is 42.8 Å². The minimum atomic E-state index is -4.36. The molecule has 186 valence electrons. The molecule has 0 bridgehead atoms. The van der Waals surface area contributed by atoms with Gasteiger partial charge in [0.05, 0.1) is 30.0 Å². The number of nitrogens with one attached hydrogen (secondary N) is 1. The predicted molar refractivity (Wildman–Crippen MR) is 121 cm³/mol. The molecule has 1 fully saturated rings. The molecule has 4 heterocycles. The average Bonchev–Trinajstić information content (AvgIpc) is 3.10. The largest absolute Gasteiger partial charge is 0.460 e. The Morgan fingerprint density at radius 3 is 2.88 bits per heavy atom. The normalized spacial score (nSPS) is 21.5. The third-order valence-electron chi connectivity index (χ3n) is 6.16. The maximum absolute atomic E-state index is 12.5. The molecule has 0 spiro atoms. The molecule has 2 aromatic heterocycles. The van der Waals surface area contributed by atoms with Crippen LogP contribution in [0.2, 0.25) is 0 Å². The van der Waals surface area contributed by atoms with E-state index in [1.807, 2.05) is 6.92 Å². The summed E-state index contributed by atoms with van der Waals surface area (Å²) in [6.45, 7) is 3.55. The van der Waals surface area contributed by atoms with Crippen molar-refractivity contribution in [3.05, 3.63) is 40.2 Å². The van der Waals surface area contributed by atoms with Gasteiger partial charge in [-0.3, -0.25) is 9.78 Å². The molecule has 34 heavy (non-hydrogen) atoms. The lowest BCUT2D eigenvalue weighted by Gasteiger charge is -2.31. The Balaban J connectivity index is 1.16. The van der Waals surface area contributed by atoms with Crippen molar-refractivity contribution in [2.75, 3.05) is 32.8 Å². The first-order chi connectivity index (χ1) is 16.3. The van der Waals surface area contributed by atoms with E-state index in [-0.39, 0.29) is 23.2 Å². The number of pyridine rings is 1. The number of halogens is 3. The van der Waals surface area contributed by atoms with Crippen LogP contribution >= 0.6 is 11.3 Å². The molecule has 2 atom stereocenters. The van der Waals surface area contributed by atoms with Crippen LogP contribution < -0.4 is 10.1 Å². The van der Waals surface area contributed by atoms with Crippen LogP contribution in [-0.4, -0.2) is 71.9 Å². The van der Waals surface area contributed by atoms with Gasteiger partial charge in [0.25, 0.3) is 11.1 Å². The standard InChI is InChI=1S/C23H29F3N4O3S/c1-15-18(3-2-9-27-15)21(31)28-16-4-5-17(32-13-16)6-10-30-11-7-19-20(8-12-30)34-22(29-19)33-14-23(24,25)26/h2-3,9,16-17H,4-8,10-14H2,1H3,(H,28,31)/t16-,17+/m0/s1. The van der Waals surface area contributed by atoms with E-state index in [9.17, 15) is 18.0 Å². The number of carbonyl (C=O) groups excluding carboxylic acids is 1. The molecular weight excluding hydrogens is 469 g/mol. The number of alkyl halides is 3. The van der Waals surface area contributed by atoms with E-state index in [0.29, 0.717) is 24.3 Å². The maximum atomic E-state index is 12.5. The number of ether oxygens (including phenoxy) is 2. The molecule has 2 aliphatic rings. The Morgan fingerprint density at radius 2 is 2.15 bits per heavy atom. The Kier molecular flexibility index (Phi) is 8.05. The third-order valence-corrected chi connectivity index (χ3v) is 7.23. The molecule has 0 aliphatic carbocycles. The zero-order chi connectivity index (χ0) is 24.1. The molecule has 0 radical (unpaired) electrons. The van der Waals surface area contributed by atoms with E-state index < -0.39 is 12.8 Å². The fourth-order valence-electron chi connectivity index (χ4n) is 4.28. The van der Waals surface area contributed by atoms with Gasteiger partial charge in [-0.05, 0) is 44.7 Å². The van der Waals surface area contributed by atoms with Crippen molar-refractivity contribution in [2.45, 2.75) is 57.3 Å². The van der Waals surface area contributed by atoms with Gasteiger partial charge in [0.1, 0.15) is 0 Å². The van der Waals surface area contributed by atoms with Crippen LogP contribution in [0.3, 0.4) is 0 Å². The summed E-state index contributed by atoms with van der Waals surface area (Å²) in [4.78, 5) is 24.3. The minimum Gasteiger partial charge on any atom is -0.460 e. The van der Waals surface area contributed by atoms with Crippen LogP contribution in [0.15, 0.2) is 18.3 Å². The lowest BCUT2D eigenvalue weighted by Crippen LogP contribution is -2.43. The molecule has 0 saturated carbocycles. The smallest absolute Gasteiger partial charge is 0.422 e. The first-order valence-corrected chi connectivity index (χ1v) is 12.3. The third kappa shape index (κ3) is 6.89. The molecule has 11 heteroatoms. The van der Waals surface area contributed by atoms with Gasteiger partial charge in [-0.2, -0.15) is 13.2 Å². The molecule has 2 aliphatic heterocycles. The van der Waals surface area contributed by atoms with E-state index >= 15 is 0 Å². The van der Waals surface area contributed by atoms with Crippen molar-refractivity contribution in [1.82, 2.24) is 20.2 Å². The highest BCUT2D eigenvalue weighted by Crippen LogP contribution is 2.29. The monoisotopic (exact) mass is 498 g/mol. The zero-order valence-corrected chi connectivity index (χ0v) is 19.9. The summed E-state index contributed by atoms with van der Waals surface area (Å²) in [7, 11) is 0. The lowest BCUT2D eigenvalue weighted by atomic mass is 10.0. The number of nitrogens with zero attached hydrogens (tertiary/aromatic N) is 3. The SMILES string of the molecule is Cc1ncccc1C(=O)N[C@H]1CC[C@H](CCN2CCc3nc(OCC(F)(F)F)sc3CC2)OC1. The number of carbonyl (C=O) groups is 1. The van der Waals surface area contributed by atoms with Crippen LogP contribution in [0.1, 0.15) is 45.9 Å². The highest BCUT2D eigenvalue weighted by molar-refractivity contribution is 7.13. The second kappa shape index (κ2) is 11.0. The summed E-state index contributed by atoms with van der Waals surface area (Å²) in [5, 5.41) is 3.15. The number of aryl methyl sites for hydroxylation is 1. The molecule has 1 amide bonds. The predicted octanol–water partition coefficient (Wildman–Crippen LogP) is 3.56. The van der Waals surface area contributed by atoms with Crippen molar-refractivity contribution in [2.24, 2.45) is 0 Å². The van der Waals surface area contributed by atoms with Crippen LogP contribution in [-0.2, 0) is 17.6 Å². The first kappa shape index (κ1) is 24.9. The summed E-state index contributed by atoms with van der Waals surface area (Å²) in [5.74, 6) is -0.116. The van der Waals surface area contributed by atoms with Gasteiger partial charge in [-0.1, -0.05) is 11.3 Å². The molecule has 4 rings (SSSR count). The number of aromatic nitrogens is 2. The summed E-state index contributed by atoms with van der Waals surface area (Å²) < 4.78 is 47.9. The summed E-state index contributed by atoms with van der Waals surface area (Å²) >= 11 is 1.22. The fraction of sp³-hybridized carbons (Fsp3) is 0.609. The van der Waals surface area contributed by atoms with Crippen molar-refractivity contribution < 1.29 is 27.4 Å². The number of rotatable bonds is 7. The van der Waals surface area contributed by atoms with Crippen molar-refractivity contribution in [3.63, 3.8) is 0 Å². The zero-order valence-electron chi connectivity index (χ0n) is 19.1. The Bertz CT molecular complexity index is 951. The fourth-order valence-corrected chi connectivity index (χ4v) is 5.22. The molecular formula is C23H29F3N4O3S. The van der Waals surface area contributed by atoms with Crippen molar-refractivity contribution in [1.29, 1.82) is 0 Å². The van der Waals surface area contributed by atoms with Gasteiger partial charge in [-0.25, -0.2) is 4.98 Å². The minimum absolute atomic E-state index is 0.00244. The van der Waals surface area contributed by atoms with Gasteiger partial charge in [0.15, 0.2) is 6.61 Å². The summed E-state index contributed by atoms with van der Waals surface area (Å²) in [6.07, 6.45) is 1.60. The van der Waals surface area contributed by atoms with Gasteiger partial charge in [-0.15, -0.1) is 0 Å². The molecule has 0 unspecified atom stereocenters. The number of amides is 1. The van der Waals surface area contributed by atoms with E-state index in [4.69, 9.17) is 9.47 Å². The van der Waals surface area contributed by atoms with Gasteiger partial charge >= 0.3 is 6.18 Å². The molecule has 1 N–H and O–H groups in total. The number of fused-ring (bicyclic) bond motifs is 1. The van der Waals surface area contributed by atoms with Crippen molar-refractivity contribution >= 4 is 17.2 Å². The molecule has 2 aromatic rings. The Hall–Kier alpha value is -2.24. The van der Waals surface area contributed by atoms with E-state index in [2.05, 4.69) is 20.2 Å². The quantitative estimate of drug-likeness (QED) is 0.629. The highest BCUT2D eigenvalue weighted by Gasteiger charge is 2.30. The second-order valence-corrected chi connectivity index (χ2v) is 9.77.